The second-order valence-corrected chi connectivity index (χ2v) is 19.9. The number of hydrogen-bond donors (Lipinski definition) is 1. The minimum atomic E-state index is -1.83. The van der Waals surface area contributed by atoms with Gasteiger partial charge in [-0.3, -0.25) is 9.69 Å². The minimum absolute atomic E-state index is 0.152. The van der Waals surface area contributed by atoms with Gasteiger partial charge in [0.05, 0.1) is 23.4 Å². The SMILES string of the molecule is CC(C)(C)OC(=O)n1c(-c2cc(OCCCO[Si](C)(C)C(C)(C)C)cc3c2C(=O)NC3)cc2cc(CN3CCCCC3)ccc21. The highest BCUT2D eigenvalue weighted by atomic mass is 28.4. The zero-order valence-corrected chi connectivity index (χ0v) is 29.5. The fourth-order valence-electron chi connectivity index (χ4n) is 5.86. The molecule has 0 bridgehead atoms. The van der Waals surface area contributed by atoms with Gasteiger partial charge in [0.1, 0.15) is 11.4 Å². The van der Waals surface area contributed by atoms with Crippen LogP contribution in [0.4, 0.5) is 4.79 Å². The van der Waals surface area contributed by atoms with Crippen LogP contribution in [0.15, 0.2) is 36.4 Å². The summed E-state index contributed by atoms with van der Waals surface area (Å²) in [4.78, 5) is 29.4. The van der Waals surface area contributed by atoms with Crippen molar-refractivity contribution in [3.63, 3.8) is 0 Å². The van der Waals surface area contributed by atoms with Crippen LogP contribution in [0.3, 0.4) is 0 Å². The summed E-state index contributed by atoms with van der Waals surface area (Å²) in [5.41, 5.74) is 3.99. The molecule has 0 atom stereocenters. The summed E-state index contributed by atoms with van der Waals surface area (Å²) in [5, 5.41) is 4.06. The summed E-state index contributed by atoms with van der Waals surface area (Å²) in [6, 6.07) is 12.1. The summed E-state index contributed by atoms with van der Waals surface area (Å²) < 4.78 is 20.1. The number of likely N-dealkylation sites (tertiary alicyclic amines) is 1. The second kappa shape index (κ2) is 12.9. The van der Waals surface area contributed by atoms with Crippen molar-refractivity contribution in [2.45, 2.75) is 104 Å². The van der Waals surface area contributed by atoms with Gasteiger partial charge in [-0.25, -0.2) is 9.36 Å². The smallest absolute Gasteiger partial charge is 0.419 e. The Kier molecular flexibility index (Phi) is 9.55. The van der Waals surface area contributed by atoms with Crippen LogP contribution in [0.5, 0.6) is 5.75 Å². The summed E-state index contributed by atoms with van der Waals surface area (Å²) >= 11 is 0. The molecule has 3 heterocycles. The van der Waals surface area contributed by atoms with E-state index in [0.717, 1.165) is 42.5 Å². The molecule has 1 saturated heterocycles. The lowest BCUT2D eigenvalue weighted by Crippen LogP contribution is -2.41. The number of carbonyl (C=O) groups excluding carboxylic acids is 2. The molecule has 45 heavy (non-hydrogen) atoms. The third kappa shape index (κ3) is 7.64. The Balaban J connectivity index is 1.48. The molecule has 0 unspecified atom stereocenters. The van der Waals surface area contributed by atoms with Crippen molar-refractivity contribution < 1.29 is 23.5 Å². The molecule has 9 heteroatoms. The highest BCUT2D eigenvalue weighted by Crippen LogP contribution is 2.38. The summed E-state index contributed by atoms with van der Waals surface area (Å²) in [5.74, 6) is 0.514. The molecule has 1 amide bonds. The first-order valence-corrected chi connectivity index (χ1v) is 19.4. The Hall–Kier alpha value is -3.14. The van der Waals surface area contributed by atoms with Crippen molar-refractivity contribution in [2.75, 3.05) is 26.3 Å². The monoisotopic (exact) mass is 633 g/mol. The quantitative estimate of drug-likeness (QED) is 0.189. The first kappa shape index (κ1) is 33.2. The molecule has 3 aromatic rings. The van der Waals surface area contributed by atoms with Crippen molar-refractivity contribution in [2.24, 2.45) is 0 Å². The number of ether oxygens (including phenoxy) is 2. The van der Waals surface area contributed by atoms with E-state index >= 15 is 0 Å². The highest BCUT2D eigenvalue weighted by molar-refractivity contribution is 6.74. The average Bonchev–Trinajstić information content (AvgIpc) is 3.52. The number of carbonyl (C=O) groups is 2. The van der Waals surface area contributed by atoms with E-state index in [1.807, 2.05) is 45.0 Å². The Morgan fingerprint density at radius 1 is 0.956 bits per heavy atom. The van der Waals surface area contributed by atoms with Crippen molar-refractivity contribution >= 4 is 31.2 Å². The van der Waals surface area contributed by atoms with Crippen LogP contribution in [-0.4, -0.2) is 61.7 Å². The third-order valence-electron chi connectivity index (χ3n) is 9.26. The molecule has 0 spiro atoms. The topological polar surface area (TPSA) is 82.0 Å². The lowest BCUT2D eigenvalue weighted by molar-refractivity contribution is 0.0546. The Morgan fingerprint density at radius 3 is 2.38 bits per heavy atom. The van der Waals surface area contributed by atoms with E-state index < -0.39 is 20.0 Å². The number of benzene rings is 2. The zero-order chi connectivity index (χ0) is 32.6. The molecule has 1 N–H and O–H groups in total. The van der Waals surface area contributed by atoms with E-state index in [2.05, 4.69) is 56.2 Å². The van der Waals surface area contributed by atoms with Crippen LogP contribution in [-0.2, 0) is 22.3 Å². The normalized spacial score (nSPS) is 16.1. The molecule has 2 aliphatic rings. The number of rotatable bonds is 9. The second-order valence-electron chi connectivity index (χ2n) is 15.1. The minimum Gasteiger partial charge on any atom is -0.493 e. The lowest BCUT2D eigenvalue weighted by atomic mass is 9.99. The summed E-state index contributed by atoms with van der Waals surface area (Å²) in [6.07, 6.45) is 4.04. The number of hydrogen-bond acceptors (Lipinski definition) is 6. The Morgan fingerprint density at radius 2 is 1.69 bits per heavy atom. The van der Waals surface area contributed by atoms with Gasteiger partial charge in [-0.2, -0.15) is 0 Å². The molecule has 0 saturated carbocycles. The predicted octanol–water partition coefficient (Wildman–Crippen LogP) is 8.11. The van der Waals surface area contributed by atoms with Gasteiger partial charge in [0.2, 0.25) is 0 Å². The molecule has 1 aromatic heterocycles. The molecule has 8 nitrogen and oxygen atoms in total. The van der Waals surface area contributed by atoms with Gasteiger partial charge in [-0.1, -0.05) is 33.3 Å². The standard InChI is InChI=1S/C36H51N3O5Si/c1-35(2,3)44-34(41)39-30-14-13-25(24-38-15-10-9-11-16-38)19-26(30)21-31(39)29-22-28(20-27-23-37-33(40)32(27)29)42-17-12-18-43-45(7,8)36(4,5)6/h13-14,19-22H,9-12,15-18,23-24H2,1-8H3,(H,37,40). The number of fused-ring (bicyclic) bond motifs is 2. The van der Waals surface area contributed by atoms with E-state index in [-0.39, 0.29) is 10.9 Å². The van der Waals surface area contributed by atoms with Gasteiger partial charge >= 0.3 is 6.09 Å². The Labute approximate surface area is 269 Å². The van der Waals surface area contributed by atoms with Crippen LogP contribution in [0.25, 0.3) is 22.2 Å². The van der Waals surface area contributed by atoms with Crippen LogP contribution < -0.4 is 10.1 Å². The van der Waals surface area contributed by atoms with Crippen molar-refractivity contribution in [3.8, 4) is 17.0 Å². The van der Waals surface area contributed by atoms with Gasteiger partial charge < -0.3 is 19.2 Å². The van der Waals surface area contributed by atoms with Crippen LogP contribution >= 0.6 is 0 Å². The molecule has 0 radical (unpaired) electrons. The summed E-state index contributed by atoms with van der Waals surface area (Å²) in [6.45, 7) is 21.5. The van der Waals surface area contributed by atoms with E-state index in [0.29, 0.717) is 42.3 Å². The number of aromatic nitrogens is 1. The maximum absolute atomic E-state index is 13.8. The van der Waals surface area contributed by atoms with E-state index in [9.17, 15) is 9.59 Å². The first-order chi connectivity index (χ1) is 21.1. The van der Waals surface area contributed by atoms with Gasteiger partial charge in [0.15, 0.2) is 8.32 Å². The van der Waals surface area contributed by atoms with Gasteiger partial charge in [0, 0.05) is 37.1 Å². The van der Waals surface area contributed by atoms with Crippen LogP contribution in [0.1, 0.15) is 88.7 Å². The molecule has 0 aliphatic carbocycles. The Bertz CT molecular complexity index is 1560. The molecule has 2 aliphatic heterocycles. The highest BCUT2D eigenvalue weighted by Gasteiger charge is 2.37. The maximum atomic E-state index is 13.8. The molecule has 1 fully saturated rings. The third-order valence-corrected chi connectivity index (χ3v) is 13.8. The average molecular weight is 634 g/mol. The number of nitrogens with one attached hydrogen (secondary N) is 1. The maximum Gasteiger partial charge on any atom is 0.419 e. The molecule has 5 rings (SSSR count). The fraction of sp³-hybridized carbons (Fsp3) is 0.556. The van der Waals surface area contributed by atoms with Crippen molar-refractivity contribution in [3.05, 3.63) is 53.1 Å². The predicted molar refractivity (Wildman–Crippen MR) is 183 cm³/mol. The van der Waals surface area contributed by atoms with Crippen LogP contribution in [0, 0.1) is 0 Å². The molecular formula is C36H51N3O5Si. The number of amides is 1. The largest absolute Gasteiger partial charge is 0.493 e. The number of nitrogens with zero attached hydrogens (tertiary/aromatic N) is 2. The lowest BCUT2D eigenvalue weighted by Gasteiger charge is -2.36. The van der Waals surface area contributed by atoms with Gasteiger partial charge in [0.25, 0.3) is 5.91 Å². The van der Waals surface area contributed by atoms with Crippen molar-refractivity contribution in [1.29, 1.82) is 0 Å². The zero-order valence-electron chi connectivity index (χ0n) is 28.5. The number of piperidine rings is 1. The van der Waals surface area contributed by atoms with Crippen LogP contribution in [0.2, 0.25) is 18.1 Å². The van der Waals surface area contributed by atoms with E-state index in [1.54, 1.807) is 4.57 Å². The van der Waals surface area contributed by atoms with E-state index in [4.69, 9.17) is 13.9 Å². The fourth-order valence-corrected chi connectivity index (χ4v) is 6.95. The molecular weight excluding hydrogens is 582 g/mol. The molecule has 244 valence electrons. The van der Waals surface area contributed by atoms with Gasteiger partial charge in [-0.05, 0) is 106 Å². The molecule has 2 aromatic carbocycles. The first-order valence-electron chi connectivity index (χ1n) is 16.5. The van der Waals surface area contributed by atoms with Crippen molar-refractivity contribution in [1.82, 2.24) is 14.8 Å². The van der Waals surface area contributed by atoms with E-state index in [1.165, 1.54) is 24.8 Å². The van der Waals surface area contributed by atoms with Gasteiger partial charge in [-0.15, -0.1) is 0 Å². The summed E-state index contributed by atoms with van der Waals surface area (Å²) in [7, 11) is -1.83.